The Hall–Kier alpha value is -1.18. The van der Waals surface area contributed by atoms with Crippen molar-refractivity contribution in [2.75, 3.05) is 14.1 Å². The highest BCUT2D eigenvalue weighted by Gasteiger charge is 2.21. The summed E-state index contributed by atoms with van der Waals surface area (Å²) in [4.78, 5) is 12.0. The van der Waals surface area contributed by atoms with Crippen LogP contribution in [0, 0.1) is 5.82 Å². The van der Waals surface area contributed by atoms with Gasteiger partial charge in [-0.25, -0.2) is 12.9 Å². The highest BCUT2D eigenvalue weighted by molar-refractivity contribution is 7.81. The van der Waals surface area contributed by atoms with Gasteiger partial charge in [0.2, 0.25) is 0 Å². The first kappa shape index (κ1) is 22.9. The Morgan fingerprint density at radius 2 is 1.88 bits per heavy atom. The van der Waals surface area contributed by atoms with Crippen molar-refractivity contribution in [2.24, 2.45) is 0 Å². The van der Waals surface area contributed by atoms with Crippen LogP contribution in [0.25, 0.3) is 0 Å². The topological polar surface area (TPSA) is 58.6 Å². The maximum absolute atomic E-state index is 14.2. The molecule has 5 nitrogen and oxygen atoms in total. The molecule has 0 aromatic heterocycles. The van der Waals surface area contributed by atoms with Gasteiger partial charge < -0.3 is 4.74 Å². The van der Waals surface area contributed by atoms with Crippen LogP contribution >= 0.6 is 11.6 Å². The molecule has 1 unspecified atom stereocenters. The van der Waals surface area contributed by atoms with E-state index in [1.165, 1.54) is 37.3 Å². The average molecular weight is 407 g/mol. The standard InChI is InChI=1S/C15H20ClFN2O3S.C3H8/c1-19(2)23(21)18-15(20)11-8-12(16)14(9-13(11)17)22-10-6-4-3-5-7-10;1-3-2/h8-10H,3-7H2,1-2H3,(H,18,20);3H2,1-2H3. The molecule has 1 saturated carbocycles. The normalized spacial score (nSPS) is 15.8. The van der Waals surface area contributed by atoms with Crippen LogP contribution in [0.2, 0.25) is 5.02 Å². The Bertz CT molecular complexity index is 623. The second-order valence-electron chi connectivity index (χ2n) is 6.34. The fourth-order valence-electron chi connectivity index (χ4n) is 2.38. The SMILES string of the molecule is CCC.CN(C)S(=O)NC(=O)c1cc(Cl)c(OC2CCCCC2)cc1F. The Morgan fingerprint density at radius 1 is 1.31 bits per heavy atom. The molecule has 1 aliphatic rings. The van der Waals surface area contributed by atoms with Crippen LogP contribution in [0.1, 0.15) is 62.7 Å². The summed E-state index contributed by atoms with van der Waals surface area (Å²) < 4.78 is 35.0. The molecule has 0 spiro atoms. The molecule has 0 bridgehead atoms. The Balaban J connectivity index is 0.00000105. The summed E-state index contributed by atoms with van der Waals surface area (Å²) in [5, 5.41) is 0.165. The number of halogens is 2. The van der Waals surface area contributed by atoms with E-state index in [-0.39, 0.29) is 22.4 Å². The lowest BCUT2D eigenvalue weighted by molar-refractivity contribution is 0.0977. The third-order valence-electron chi connectivity index (χ3n) is 3.62. The second kappa shape index (κ2) is 11.5. The van der Waals surface area contributed by atoms with Crippen LogP contribution in [0.5, 0.6) is 5.75 Å². The van der Waals surface area contributed by atoms with Crippen LogP contribution in [0.3, 0.4) is 0 Å². The molecule has 148 valence electrons. The van der Waals surface area contributed by atoms with Gasteiger partial charge in [-0.15, -0.1) is 0 Å². The van der Waals surface area contributed by atoms with Gasteiger partial charge in [0.15, 0.2) is 11.2 Å². The van der Waals surface area contributed by atoms with Gasteiger partial charge in [0.05, 0.1) is 16.7 Å². The highest BCUT2D eigenvalue weighted by Crippen LogP contribution is 2.31. The zero-order valence-electron chi connectivity index (χ0n) is 15.8. The largest absolute Gasteiger partial charge is 0.489 e. The van der Waals surface area contributed by atoms with E-state index >= 15 is 0 Å². The van der Waals surface area contributed by atoms with Gasteiger partial charge in [0.1, 0.15) is 11.6 Å². The van der Waals surface area contributed by atoms with E-state index in [4.69, 9.17) is 16.3 Å². The van der Waals surface area contributed by atoms with Gasteiger partial charge in [-0.3, -0.25) is 9.52 Å². The van der Waals surface area contributed by atoms with E-state index in [2.05, 4.69) is 18.6 Å². The predicted molar refractivity (Wildman–Crippen MR) is 104 cm³/mol. The Morgan fingerprint density at radius 3 is 2.42 bits per heavy atom. The number of carbonyl (C=O) groups excluding carboxylic acids is 1. The molecule has 1 aliphatic carbocycles. The predicted octanol–water partition coefficient (Wildman–Crippen LogP) is 4.48. The zero-order valence-corrected chi connectivity index (χ0v) is 17.4. The fourth-order valence-corrected chi connectivity index (χ4v) is 3.04. The molecule has 0 aliphatic heterocycles. The molecule has 26 heavy (non-hydrogen) atoms. The van der Waals surface area contributed by atoms with Crippen molar-refractivity contribution in [3.8, 4) is 5.75 Å². The minimum absolute atomic E-state index is 0.0292. The second-order valence-corrected chi connectivity index (χ2v) is 8.18. The number of carbonyl (C=O) groups is 1. The van der Waals surface area contributed by atoms with Crippen molar-refractivity contribution in [2.45, 2.75) is 58.5 Å². The molecular formula is C18H28ClFN2O3S. The van der Waals surface area contributed by atoms with Crippen LogP contribution in [-0.4, -0.2) is 34.6 Å². The van der Waals surface area contributed by atoms with Crippen molar-refractivity contribution in [3.05, 3.63) is 28.5 Å². The van der Waals surface area contributed by atoms with E-state index in [9.17, 15) is 13.4 Å². The molecule has 0 heterocycles. The molecule has 0 radical (unpaired) electrons. The lowest BCUT2D eigenvalue weighted by atomic mass is 9.98. The molecule has 1 aromatic rings. The van der Waals surface area contributed by atoms with Crippen LogP contribution in [0.15, 0.2) is 12.1 Å². The number of hydrogen-bond donors (Lipinski definition) is 1. The highest BCUT2D eigenvalue weighted by atomic mass is 35.5. The van der Waals surface area contributed by atoms with Crippen molar-refractivity contribution in [3.63, 3.8) is 0 Å². The van der Waals surface area contributed by atoms with Crippen LogP contribution in [0.4, 0.5) is 4.39 Å². The molecule has 1 amide bonds. The van der Waals surface area contributed by atoms with Crippen molar-refractivity contribution in [1.82, 2.24) is 9.03 Å². The van der Waals surface area contributed by atoms with E-state index in [1.54, 1.807) is 0 Å². The summed E-state index contributed by atoms with van der Waals surface area (Å²) in [6.45, 7) is 4.25. The summed E-state index contributed by atoms with van der Waals surface area (Å²) >= 11 is 4.37. The Kier molecular flexibility index (Phi) is 10.1. The van der Waals surface area contributed by atoms with E-state index < -0.39 is 22.9 Å². The number of nitrogens with one attached hydrogen (secondary N) is 1. The van der Waals surface area contributed by atoms with Crippen molar-refractivity contribution in [1.29, 1.82) is 0 Å². The third-order valence-corrected chi connectivity index (χ3v) is 4.94. The van der Waals surface area contributed by atoms with E-state index in [0.29, 0.717) is 0 Å². The molecule has 1 atom stereocenters. The fraction of sp³-hybridized carbons (Fsp3) is 0.611. The van der Waals surface area contributed by atoms with E-state index in [0.717, 1.165) is 31.7 Å². The Labute approximate surface area is 163 Å². The van der Waals surface area contributed by atoms with Crippen LogP contribution < -0.4 is 9.46 Å². The number of amides is 1. The summed E-state index contributed by atoms with van der Waals surface area (Å²) in [6, 6.07) is 2.32. The monoisotopic (exact) mass is 406 g/mol. The maximum atomic E-state index is 14.2. The number of nitrogens with zero attached hydrogens (tertiary/aromatic N) is 1. The maximum Gasteiger partial charge on any atom is 0.266 e. The summed E-state index contributed by atoms with van der Waals surface area (Å²) in [5.41, 5.74) is -0.263. The summed E-state index contributed by atoms with van der Waals surface area (Å²) in [7, 11) is 3.06. The first-order chi connectivity index (χ1) is 12.3. The van der Waals surface area contributed by atoms with Gasteiger partial charge in [0, 0.05) is 20.2 Å². The first-order valence-corrected chi connectivity index (χ1v) is 10.3. The quantitative estimate of drug-likeness (QED) is 0.784. The van der Waals surface area contributed by atoms with Gasteiger partial charge >= 0.3 is 0 Å². The van der Waals surface area contributed by atoms with Crippen molar-refractivity contribution >= 4 is 28.7 Å². The zero-order chi connectivity index (χ0) is 19.7. The molecule has 8 heteroatoms. The molecule has 1 fully saturated rings. The summed E-state index contributed by atoms with van der Waals surface area (Å²) in [5.74, 6) is -1.31. The van der Waals surface area contributed by atoms with Gasteiger partial charge in [0.25, 0.3) is 5.91 Å². The number of hydrogen-bond acceptors (Lipinski definition) is 3. The molecule has 1 N–H and O–H groups in total. The van der Waals surface area contributed by atoms with Crippen molar-refractivity contribution < 1.29 is 18.1 Å². The molecule has 0 saturated heterocycles. The lowest BCUT2D eigenvalue weighted by Gasteiger charge is -2.23. The molecule has 2 rings (SSSR count). The van der Waals surface area contributed by atoms with Gasteiger partial charge in [-0.2, -0.15) is 0 Å². The molecular weight excluding hydrogens is 379 g/mol. The van der Waals surface area contributed by atoms with E-state index in [1.807, 2.05) is 0 Å². The number of ether oxygens (including phenoxy) is 1. The van der Waals surface area contributed by atoms with Crippen LogP contribution in [-0.2, 0) is 11.2 Å². The minimum Gasteiger partial charge on any atom is -0.489 e. The molecule has 1 aromatic carbocycles. The minimum atomic E-state index is -1.74. The van der Waals surface area contributed by atoms with Gasteiger partial charge in [-0.05, 0) is 31.7 Å². The van der Waals surface area contributed by atoms with Gasteiger partial charge in [-0.1, -0.05) is 38.3 Å². The average Bonchev–Trinajstić information content (AvgIpc) is 2.59. The lowest BCUT2D eigenvalue weighted by Crippen LogP contribution is -2.34. The first-order valence-electron chi connectivity index (χ1n) is 8.86. The summed E-state index contributed by atoms with van der Waals surface area (Å²) in [6.07, 6.45) is 6.47. The third kappa shape index (κ3) is 7.21. The smallest absolute Gasteiger partial charge is 0.266 e. The number of benzene rings is 1. The number of rotatable bonds is 5.